The zero-order valence-electron chi connectivity index (χ0n) is 20.8. The van der Waals surface area contributed by atoms with Crippen molar-refractivity contribution in [3.63, 3.8) is 0 Å². The number of hydrogen-bond acceptors (Lipinski definition) is 6. The average Bonchev–Trinajstić information content (AvgIpc) is 3.22. The molecule has 186 valence electrons. The van der Waals surface area contributed by atoms with E-state index in [0.717, 1.165) is 22.4 Å². The summed E-state index contributed by atoms with van der Waals surface area (Å²) in [5.74, 6) is 1.35. The summed E-state index contributed by atoms with van der Waals surface area (Å²) in [7, 11) is 1.60. The molecule has 2 heterocycles. The first-order valence-corrected chi connectivity index (χ1v) is 12.7. The van der Waals surface area contributed by atoms with Crippen molar-refractivity contribution < 1.29 is 14.3 Å². The highest BCUT2D eigenvalue weighted by Crippen LogP contribution is 2.31. The maximum Gasteiger partial charge on any atom is 0.271 e. The van der Waals surface area contributed by atoms with E-state index in [-0.39, 0.29) is 11.3 Å². The van der Waals surface area contributed by atoms with E-state index in [0.29, 0.717) is 33.0 Å². The predicted molar refractivity (Wildman–Crippen MR) is 145 cm³/mol. The van der Waals surface area contributed by atoms with Gasteiger partial charge in [-0.25, -0.2) is 4.99 Å². The highest BCUT2D eigenvalue weighted by Gasteiger charge is 2.30. The molecule has 0 saturated carbocycles. The molecular formula is C30H26N2O4S. The van der Waals surface area contributed by atoms with Crippen LogP contribution >= 0.6 is 11.3 Å². The van der Waals surface area contributed by atoms with Crippen molar-refractivity contribution in [3.8, 4) is 11.5 Å². The molecule has 3 aromatic carbocycles. The van der Waals surface area contributed by atoms with Gasteiger partial charge in [-0.1, -0.05) is 65.9 Å². The summed E-state index contributed by atoms with van der Waals surface area (Å²) >= 11 is 1.32. The Bertz CT molecular complexity index is 1650. The fourth-order valence-corrected chi connectivity index (χ4v) is 5.47. The lowest BCUT2D eigenvalue weighted by Crippen LogP contribution is -2.39. The third kappa shape index (κ3) is 5.04. The van der Waals surface area contributed by atoms with E-state index < -0.39 is 6.04 Å². The first kappa shape index (κ1) is 24.5. The molecule has 1 aromatic heterocycles. The van der Waals surface area contributed by atoms with Crippen LogP contribution in [0.3, 0.4) is 0 Å². The number of hydrogen-bond donors (Lipinski definition) is 0. The van der Waals surface area contributed by atoms with Gasteiger partial charge in [-0.15, -0.1) is 0 Å². The van der Waals surface area contributed by atoms with Crippen molar-refractivity contribution in [1.82, 2.24) is 4.57 Å². The normalized spacial score (nSPS) is 15.2. The largest absolute Gasteiger partial charge is 0.497 e. The molecule has 0 unspecified atom stereocenters. The second kappa shape index (κ2) is 10.4. The number of methoxy groups -OCH3 is 1. The van der Waals surface area contributed by atoms with Gasteiger partial charge in [-0.3, -0.25) is 14.2 Å². The summed E-state index contributed by atoms with van der Waals surface area (Å²) in [5, 5.41) is 0. The fraction of sp³-hybridized carbons (Fsp3) is 0.167. The van der Waals surface area contributed by atoms with Crippen LogP contribution in [0.4, 0.5) is 0 Å². The lowest BCUT2D eigenvalue weighted by atomic mass is 9.93. The van der Waals surface area contributed by atoms with E-state index in [9.17, 15) is 9.59 Å². The van der Waals surface area contributed by atoms with Gasteiger partial charge in [0.1, 0.15) is 18.1 Å². The zero-order valence-corrected chi connectivity index (χ0v) is 21.6. The number of carbonyl (C=O) groups is 1. The summed E-state index contributed by atoms with van der Waals surface area (Å²) in [6.45, 7) is 3.82. The Morgan fingerprint density at radius 3 is 2.32 bits per heavy atom. The highest BCUT2D eigenvalue weighted by molar-refractivity contribution is 7.07. The molecule has 7 heteroatoms. The van der Waals surface area contributed by atoms with Gasteiger partial charge in [0, 0.05) is 11.3 Å². The molecule has 0 amide bonds. The highest BCUT2D eigenvalue weighted by atomic mass is 32.1. The van der Waals surface area contributed by atoms with Gasteiger partial charge in [0.05, 0.1) is 17.7 Å². The summed E-state index contributed by atoms with van der Waals surface area (Å²) in [4.78, 5) is 31.5. The minimum atomic E-state index is -0.546. The van der Waals surface area contributed by atoms with Crippen LogP contribution in [0, 0.1) is 0 Å². The van der Waals surface area contributed by atoms with Gasteiger partial charge in [-0.05, 0) is 60.9 Å². The first-order valence-electron chi connectivity index (χ1n) is 11.9. The minimum absolute atomic E-state index is 0.109. The van der Waals surface area contributed by atoms with Crippen LogP contribution in [0.5, 0.6) is 11.5 Å². The Labute approximate surface area is 218 Å². The number of ketones is 1. The Morgan fingerprint density at radius 2 is 1.68 bits per heavy atom. The number of thiazole rings is 1. The molecule has 5 rings (SSSR count). The standard InChI is InChI=1S/C30H26N2O4S/c1-19-27(20(2)33)28(23-11-15-24(35-3)16-12-23)32-29(34)26(37-30(32)31-19)17-21-9-13-25(14-10-21)36-18-22-7-5-4-6-8-22/h4-17,28H,18H2,1-3H3/b26-17+/t28-/m1/s1. The molecule has 0 N–H and O–H groups in total. The number of fused-ring (bicyclic) bond motifs is 1. The van der Waals surface area contributed by atoms with Crippen LogP contribution in [0.2, 0.25) is 0 Å². The molecule has 0 aliphatic carbocycles. The van der Waals surface area contributed by atoms with Crippen LogP contribution in [0.1, 0.15) is 36.6 Å². The number of benzene rings is 3. The Kier molecular flexibility index (Phi) is 6.88. The van der Waals surface area contributed by atoms with Gasteiger partial charge in [0.2, 0.25) is 0 Å². The molecule has 0 bridgehead atoms. The summed E-state index contributed by atoms with van der Waals surface area (Å²) < 4.78 is 13.3. The van der Waals surface area contributed by atoms with Crippen molar-refractivity contribution in [3.05, 3.63) is 127 Å². The van der Waals surface area contributed by atoms with Crippen molar-refractivity contribution in [2.45, 2.75) is 26.5 Å². The maximum atomic E-state index is 13.6. The van der Waals surface area contributed by atoms with Crippen LogP contribution in [0.15, 0.2) is 99.9 Å². The van der Waals surface area contributed by atoms with E-state index in [1.807, 2.05) is 91.9 Å². The SMILES string of the molecule is COc1ccc([C@@H]2C(C(C)=O)=C(C)N=c3s/c(=C/c4ccc(OCc5ccccc5)cc4)c(=O)n32)cc1. The Hall–Kier alpha value is -4.23. The second-order valence-corrected chi connectivity index (χ2v) is 9.76. The number of Topliss-reactive ketones (excluding diaryl/α,β-unsaturated/α-hetero) is 1. The molecule has 0 spiro atoms. The summed E-state index contributed by atoms with van der Waals surface area (Å²) in [5.41, 5.74) is 3.76. The van der Waals surface area contributed by atoms with Gasteiger partial charge in [-0.2, -0.15) is 0 Å². The number of ether oxygens (including phenoxy) is 2. The third-order valence-electron chi connectivity index (χ3n) is 6.26. The maximum absolute atomic E-state index is 13.6. The average molecular weight is 511 g/mol. The zero-order chi connectivity index (χ0) is 25.9. The van der Waals surface area contributed by atoms with Gasteiger partial charge >= 0.3 is 0 Å². The van der Waals surface area contributed by atoms with Gasteiger partial charge in [0.15, 0.2) is 10.6 Å². The number of carbonyl (C=O) groups excluding carboxylic acids is 1. The molecule has 1 aliphatic heterocycles. The van der Waals surface area contributed by atoms with Crippen LogP contribution in [-0.4, -0.2) is 17.5 Å². The lowest BCUT2D eigenvalue weighted by Gasteiger charge is -2.24. The fourth-order valence-electron chi connectivity index (χ4n) is 4.42. The first-order chi connectivity index (χ1) is 17.9. The van der Waals surface area contributed by atoms with E-state index in [2.05, 4.69) is 4.99 Å². The number of allylic oxidation sites excluding steroid dienone is 2. The topological polar surface area (TPSA) is 69.9 Å². The molecule has 0 radical (unpaired) electrons. The molecule has 0 saturated heterocycles. The van der Waals surface area contributed by atoms with Crippen molar-refractivity contribution >= 4 is 23.2 Å². The number of aromatic nitrogens is 1. The molecule has 0 fully saturated rings. The van der Waals surface area contributed by atoms with Crippen molar-refractivity contribution in [2.24, 2.45) is 4.99 Å². The summed E-state index contributed by atoms with van der Waals surface area (Å²) in [6, 6.07) is 24.5. The predicted octanol–water partition coefficient (Wildman–Crippen LogP) is 4.41. The van der Waals surface area contributed by atoms with Gasteiger partial charge < -0.3 is 9.47 Å². The molecular weight excluding hydrogens is 484 g/mol. The molecule has 4 aromatic rings. The molecule has 1 aliphatic rings. The van der Waals surface area contributed by atoms with Crippen molar-refractivity contribution in [1.29, 1.82) is 0 Å². The van der Waals surface area contributed by atoms with E-state index in [1.54, 1.807) is 11.7 Å². The van der Waals surface area contributed by atoms with E-state index in [4.69, 9.17) is 9.47 Å². The summed E-state index contributed by atoms with van der Waals surface area (Å²) in [6.07, 6.45) is 1.85. The quantitative estimate of drug-likeness (QED) is 0.369. The van der Waals surface area contributed by atoms with Crippen LogP contribution in [-0.2, 0) is 11.4 Å². The third-order valence-corrected chi connectivity index (χ3v) is 7.24. The van der Waals surface area contributed by atoms with Gasteiger partial charge in [0.25, 0.3) is 5.56 Å². The monoisotopic (exact) mass is 510 g/mol. The van der Waals surface area contributed by atoms with Crippen LogP contribution < -0.4 is 24.4 Å². The molecule has 37 heavy (non-hydrogen) atoms. The van der Waals surface area contributed by atoms with Crippen LogP contribution in [0.25, 0.3) is 6.08 Å². The minimum Gasteiger partial charge on any atom is -0.497 e. The second-order valence-electron chi connectivity index (χ2n) is 8.75. The number of nitrogens with zero attached hydrogens (tertiary/aromatic N) is 2. The molecule has 1 atom stereocenters. The lowest BCUT2D eigenvalue weighted by molar-refractivity contribution is -0.114. The van der Waals surface area contributed by atoms with Crippen molar-refractivity contribution in [2.75, 3.05) is 7.11 Å². The smallest absolute Gasteiger partial charge is 0.271 e. The van der Waals surface area contributed by atoms with E-state index in [1.165, 1.54) is 18.3 Å². The van der Waals surface area contributed by atoms with E-state index >= 15 is 0 Å². The Balaban J connectivity index is 1.50. The Morgan fingerprint density at radius 1 is 1.00 bits per heavy atom. The molecule has 6 nitrogen and oxygen atoms in total. The number of rotatable bonds is 7.